The highest BCUT2D eigenvalue weighted by atomic mass is 16.6. The van der Waals surface area contributed by atoms with Gasteiger partial charge in [-0.25, -0.2) is 9.59 Å². The lowest BCUT2D eigenvalue weighted by Gasteiger charge is -2.33. The molecule has 2 aliphatic heterocycles. The molecule has 2 amide bonds. The Morgan fingerprint density at radius 1 is 0.607 bits per heavy atom. The smallest absolute Gasteiger partial charge is 0.410 e. The Labute approximate surface area is 362 Å². The number of amides is 2. The first kappa shape index (κ1) is 51.9. The zero-order chi connectivity index (χ0) is 45.3. The van der Waals surface area contributed by atoms with Gasteiger partial charge in [0.15, 0.2) is 0 Å². The number of hydrogen-bond donors (Lipinski definition) is 0. The van der Waals surface area contributed by atoms with Crippen LogP contribution in [-0.4, -0.2) is 154 Å². The molecule has 0 bridgehead atoms. The first-order valence-electron chi connectivity index (χ1n) is 22.3. The van der Waals surface area contributed by atoms with Gasteiger partial charge in [0.1, 0.15) is 23.4 Å². The maximum absolute atomic E-state index is 12.8. The number of methoxy groups -OCH3 is 1. The molecule has 18 heteroatoms. The van der Waals surface area contributed by atoms with Crippen molar-refractivity contribution in [3.63, 3.8) is 0 Å². The fourth-order valence-corrected chi connectivity index (χ4v) is 8.29. The molecule has 18 nitrogen and oxygen atoms in total. The first-order valence-corrected chi connectivity index (χ1v) is 22.3. The normalized spacial score (nSPS) is 29.2. The van der Waals surface area contributed by atoms with E-state index in [1.165, 1.54) is 0 Å². The summed E-state index contributed by atoms with van der Waals surface area (Å²) in [4.78, 5) is 55.6. The lowest BCUT2D eigenvalue weighted by Crippen LogP contribution is -2.46. The summed E-state index contributed by atoms with van der Waals surface area (Å²) in [6.45, 7) is 21.3. The van der Waals surface area contributed by atoms with Gasteiger partial charge in [0.25, 0.3) is 0 Å². The van der Waals surface area contributed by atoms with Gasteiger partial charge in [0.05, 0.1) is 81.2 Å². The minimum atomic E-state index is -0.647. The lowest BCUT2D eigenvalue weighted by atomic mass is 9.87. The van der Waals surface area contributed by atoms with Crippen LogP contribution in [0.5, 0.6) is 0 Å². The molecule has 4 rings (SSSR count). The van der Waals surface area contributed by atoms with Crippen molar-refractivity contribution in [1.29, 1.82) is 0 Å². The van der Waals surface area contributed by atoms with Crippen LogP contribution in [0, 0.1) is 11.8 Å². The summed E-state index contributed by atoms with van der Waals surface area (Å²) in [5, 5.41) is 3.84. The minimum absolute atomic E-state index is 0.00745. The van der Waals surface area contributed by atoms with E-state index in [0.29, 0.717) is 39.6 Å². The number of carbonyl (C=O) groups excluding carboxylic acids is 4. The van der Waals surface area contributed by atoms with Crippen LogP contribution in [0.1, 0.15) is 121 Å². The van der Waals surface area contributed by atoms with E-state index >= 15 is 0 Å². The van der Waals surface area contributed by atoms with E-state index in [1.54, 1.807) is 37.7 Å². The third-order valence-corrected chi connectivity index (χ3v) is 11.1. The van der Waals surface area contributed by atoms with Crippen molar-refractivity contribution in [2.75, 3.05) is 59.8 Å². The highest BCUT2D eigenvalue weighted by Gasteiger charge is 2.48. The number of carbonyl (C=O) groups is 4. The molecule has 4 fully saturated rings. The Bertz CT molecular complexity index is 1420. The second kappa shape index (κ2) is 25.0. The number of rotatable bonds is 16. The molecule has 0 N–H and O–H groups in total. The molecule has 2 saturated carbocycles. The maximum Gasteiger partial charge on any atom is 0.410 e. The molecule has 0 aromatic carbocycles. The second-order valence-corrected chi connectivity index (χ2v) is 17.9. The monoisotopic (exact) mass is 870 g/mol. The largest absolute Gasteiger partial charge is 0.466 e. The molecule has 0 aromatic rings. The van der Waals surface area contributed by atoms with Crippen LogP contribution in [0.25, 0.3) is 10.4 Å². The van der Waals surface area contributed by atoms with Gasteiger partial charge in [-0.1, -0.05) is 5.11 Å². The number of azide groups is 1. The SMILES string of the molecule is CCOC(=O)C1CCC(OC[C@@H]2[C@@H](OCC)[C@@H](OC)CN2C(=O)OC(C)(C)C)CC1.CCOC(=O)C1CCC(OC[C@@H]2[C@@H](OCC)[C@H](N=[N+]=[N-])CN2C(=O)OC(C)(C)C)CC1. The summed E-state index contributed by atoms with van der Waals surface area (Å²) in [6, 6.07) is -1.22. The molecular formula is C43H75N5O13. The number of likely N-dealkylation sites (tertiary alicyclic amines) is 2. The maximum atomic E-state index is 12.8. The zero-order valence-electron chi connectivity index (χ0n) is 38.6. The molecule has 2 heterocycles. The van der Waals surface area contributed by atoms with Crippen LogP contribution in [0.4, 0.5) is 9.59 Å². The molecule has 2 aliphatic carbocycles. The van der Waals surface area contributed by atoms with Gasteiger partial charge in [-0.2, -0.15) is 0 Å². The van der Waals surface area contributed by atoms with E-state index in [4.69, 9.17) is 48.2 Å². The van der Waals surface area contributed by atoms with E-state index in [9.17, 15) is 19.2 Å². The third-order valence-electron chi connectivity index (χ3n) is 11.1. The van der Waals surface area contributed by atoms with Crippen LogP contribution >= 0.6 is 0 Å². The van der Waals surface area contributed by atoms with E-state index < -0.39 is 35.5 Å². The minimum Gasteiger partial charge on any atom is -0.466 e. The molecule has 61 heavy (non-hydrogen) atoms. The van der Waals surface area contributed by atoms with Gasteiger partial charge in [0, 0.05) is 31.8 Å². The molecule has 0 aromatic heterocycles. The predicted molar refractivity (Wildman–Crippen MR) is 225 cm³/mol. The van der Waals surface area contributed by atoms with Gasteiger partial charge in [-0.15, -0.1) is 0 Å². The Morgan fingerprint density at radius 3 is 1.39 bits per heavy atom. The number of nitrogens with zero attached hydrogens (tertiary/aromatic N) is 5. The summed E-state index contributed by atoms with van der Waals surface area (Å²) in [6.07, 6.45) is 4.29. The zero-order valence-corrected chi connectivity index (χ0v) is 38.6. The fraction of sp³-hybridized carbons (Fsp3) is 0.907. The molecule has 4 aliphatic rings. The van der Waals surface area contributed by atoms with E-state index in [1.807, 2.05) is 48.5 Å². The van der Waals surface area contributed by atoms with Gasteiger partial charge in [-0.3, -0.25) is 19.4 Å². The number of hydrogen-bond acceptors (Lipinski definition) is 14. The van der Waals surface area contributed by atoms with Gasteiger partial charge in [0.2, 0.25) is 0 Å². The summed E-state index contributed by atoms with van der Waals surface area (Å²) < 4.78 is 51.1. The quantitative estimate of drug-likeness (QED) is 0.0505. The van der Waals surface area contributed by atoms with E-state index in [-0.39, 0.29) is 73.5 Å². The van der Waals surface area contributed by atoms with Crippen molar-refractivity contribution in [1.82, 2.24) is 9.80 Å². The predicted octanol–water partition coefficient (Wildman–Crippen LogP) is 6.99. The summed E-state index contributed by atoms with van der Waals surface area (Å²) >= 11 is 0. The lowest BCUT2D eigenvalue weighted by molar-refractivity contribution is -0.151. The second-order valence-electron chi connectivity index (χ2n) is 17.9. The molecule has 2 saturated heterocycles. The van der Waals surface area contributed by atoms with Gasteiger partial charge < -0.3 is 42.6 Å². The van der Waals surface area contributed by atoms with E-state index in [2.05, 4.69) is 10.0 Å². The van der Waals surface area contributed by atoms with Crippen LogP contribution in [0.15, 0.2) is 5.11 Å². The summed E-state index contributed by atoms with van der Waals surface area (Å²) in [5.41, 5.74) is 7.72. The molecular weight excluding hydrogens is 794 g/mol. The van der Waals surface area contributed by atoms with Gasteiger partial charge >= 0.3 is 24.1 Å². The summed E-state index contributed by atoms with van der Waals surface area (Å²) in [7, 11) is 1.63. The van der Waals surface area contributed by atoms with Crippen molar-refractivity contribution in [3.05, 3.63) is 10.4 Å². The van der Waals surface area contributed by atoms with Crippen LogP contribution in [-0.2, 0) is 52.2 Å². The summed E-state index contributed by atoms with van der Waals surface area (Å²) in [5.74, 6) is -0.359. The fourth-order valence-electron chi connectivity index (χ4n) is 8.29. The Morgan fingerprint density at radius 2 is 1.02 bits per heavy atom. The number of ether oxygens (including phenoxy) is 9. The third kappa shape index (κ3) is 16.3. The Kier molecular flexibility index (Phi) is 21.3. The van der Waals surface area contributed by atoms with Crippen molar-refractivity contribution >= 4 is 24.1 Å². The van der Waals surface area contributed by atoms with Crippen molar-refractivity contribution < 1.29 is 61.8 Å². The van der Waals surface area contributed by atoms with Crippen LogP contribution in [0.3, 0.4) is 0 Å². The van der Waals surface area contributed by atoms with Gasteiger partial charge in [-0.05, 0) is 126 Å². The Balaban J connectivity index is 0.000000325. The standard InChI is InChI=1S/C22H39NO7.C21H36N4O6/c1-7-27-19-17(23(13-18(19)26-6)21(25)30-22(3,4)5)14-29-16-11-9-15(10-12-16)20(24)28-8-2;1-6-28-18-16(23-24-22)12-25(20(27)31-21(3,4)5)17(18)13-30-15-10-8-14(9-11-15)19(26)29-7-2/h15-19H,7-14H2,1-6H3;14-18H,6-13H2,1-5H3/t15?,16?,17-,18+,19-;14?,15?,16-,17-,18+/m11/s1. The topological polar surface area (TPSA) is 207 Å². The van der Waals surface area contributed by atoms with E-state index in [0.717, 1.165) is 51.4 Å². The van der Waals surface area contributed by atoms with Crippen LogP contribution in [0.2, 0.25) is 0 Å². The number of esters is 2. The van der Waals surface area contributed by atoms with Crippen molar-refractivity contribution in [2.24, 2.45) is 17.0 Å². The Hall–Kier alpha value is -3.41. The van der Waals surface area contributed by atoms with Crippen molar-refractivity contribution in [2.45, 2.75) is 180 Å². The first-order chi connectivity index (χ1) is 28.9. The molecule has 6 atom stereocenters. The van der Waals surface area contributed by atoms with Crippen LogP contribution < -0.4 is 0 Å². The average Bonchev–Trinajstić information content (AvgIpc) is 3.73. The highest BCUT2D eigenvalue weighted by molar-refractivity contribution is 5.73. The average molecular weight is 870 g/mol. The molecule has 0 spiro atoms. The van der Waals surface area contributed by atoms with Crippen molar-refractivity contribution in [3.8, 4) is 0 Å². The molecule has 0 radical (unpaired) electrons. The molecule has 0 unspecified atom stereocenters. The highest BCUT2D eigenvalue weighted by Crippen LogP contribution is 2.32. The molecule has 350 valence electrons.